The number of halogens is 1. The summed E-state index contributed by atoms with van der Waals surface area (Å²) >= 11 is 2.97. The number of carbonyl (C=O) groups is 5. The highest BCUT2D eigenvalue weighted by Crippen LogP contribution is 2.04. The van der Waals surface area contributed by atoms with E-state index in [-0.39, 0.29) is 43.4 Å². The van der Waals surface area contributed by atoms with E-state index in [2.05, 4.69) is 21.2 Å². The summed E-state index contributed by atoms with van der Waals surface area (Å²) in [4.78, 5) is 58.0. The molecular formula is C19H24BrN3O7. The minimum Gasteiger partial charge on any atom is -0.480 e. The van der Waals surface area contributed by atoms with Crippen LogP contribution in [0, 0.1) is 0 Å². The molecule has 0 aliphatic heterocycles. The monoisotopic (exact) mass is 485 g/mol. The molecule has 30 heavy (non-hydrogen) atoms. The molecule has 0 heterocycles. The number of carboxylic acid groups (broad SMARTS) is 1. The van der Waals surface area contributed by atoms with Crippen LogP contribution in [-0.2, 0) is 30.5 Å². The molecule has 2 atom stereocenters. The average Bonchev–Trinajstić information content (AvgIpc) is 2.73. The van der Waals surface area contributed by atoms with Gasteiger partial charge in [0.15, 0.2) is 0 Å². The van der Waals surface area contributed by atoms with Crippen molar-refractivity contribution in [2.45, 2.75) is 44.4 Å². The number of carboxylic acids is 1. The number of nitrogens with two attached hydrogens (primary N) is 1. The highest BCUT2D eigenvalue weighted by atomic mass is 79.9. The molecule has 11 heteroatoms. The fourth-order valence-electron chi connectivity index (χ4n) is 2.26. The number of rotatable bonds is 12. The predicted molar refractivity (Wildman–Crippen MR) is 110 cm³/mol. The van der Waals surface area contributed by atoms with Crippen molar-refractivity contribution in [2.24, 2.45) is 5.73 Å². The molecular weight excluding hydrogens is 462 g/mol. The van der Waals surface area contributed by atoms with Crippen molar-refractivity contribution in [1.82, 2.24) is 10.6 Å². The number of alkyl carbamates (subject to hydrolysis) is 1. The van der Waals surface area contributed by atoms with Crippen molar-refractivity contribution in [3.05, 3.63) is 35.9 Å². The zero-order chi connectivity index (χ0) is 22.5. The van der Waals surface area contributed by atoms with E-state index in [0.717, 1.165) is 5.56 Å². The maximum Gasteiger partial charge on any atom is 0.414 e. The first kappa shape index (κ1) is 25.2. The second-order valence-corrected chi connectivity index (χ2v) is 6.93. The average molecular weight is 486 g/mol. The van der Waals surface area contributed by atoms with Gasteiger partial charge in [0, 0.05) is 12.8 Å². The van der Waals surface area contributed by atoms with Gasteiger partial charge in [0.25, 0.3) is 0 Å². The number of aliphatic carboxylic acids is 1. The predicted octanol–water partition coefficient (Wildman–Crippen LogP) is 0.860. The summed E-state index contributed by atoms with van der Waals surface area (Å²) in [6.07, 6.45) is -1.38. The Kier molecular flexibility index (Phi) is 11.3. The van der Waals surface area contributed by atoms with E-state index in [9.17, 15) is 24.0 Å². The van der Waals surface area contributed by atoms with E-state index >= 15 is 0 Å². The number of ether oxygens (including phenoxy) is 1. The van der Waals surface area contributed by atoms with E-state index in [1.807, 2.05) is 11.4 Å². The number of amides is 3. The summed E-state index contributed by atoms with van der Waals surface area (Å²) in [5.41, 5.74) is 6.44. The van der Waals surface area contributed by atoms with Crippen LogP contribution in [0.25, 0.3) is 0 Å². The van der Waals surface area contributed by atoms with Gasteiger partial charge < -0.3 is 20.9 Å². The molecule has 0 aromatic heterocycles. The fraction of sp³-hybridized carbons (Fsp3) is 0.421. The van der Waals surface area contributed by atoms with E-state index in [1.165, 1.54) is 0 Å². The fourth-order valence-corrected chi connectivity index (χ4v) is 2.54. The Labute approximate surface area is 181 Å². The molecule has 0 spiro atoms. The lowest BCUT2D eigenvalue weighted by atomic mass is 10.1. The summed E-state index contributed by atoms with van der Waals surface area (Å²) in [5.74, 6) is -2.95. The molecule has 1 aromatic carbocycles. The molecule has 0 saturated heterocycles. The van der Waals surface area contributed by atoms with Gasteiger partial charge in [-0.3, -0.25) is 19.7 Å². The third-order valence-electron chi connectivity index (χ3n) is 3.95. The summed E-state index contributed by atoms with van der Waals surface area (Å²) in [6, 6.07) is 6.46. The molecule has 3 amide bonds. The Morgan fingerprint density at radius 2 is 1.73 bits per heavy atom. The van der Waals surface area contributed by atoms with Crippen molar-refractivity contribution < 1.29 is 33.8 Å². The minimum atomic E-state index is -1.29. The van der Waals surface area contributed by atoms with Crippen LogP contribution in [0.2, 0.25) is 0 Å². The molecule has 10 nitrogen and oxygen atoms in total. The third-order valence-corrected chi connectivity index (χ3v) is 4.57. The number of imide groups is 1. The quantitative estimate of drug-likeness (QED) is 0.316. The van der Waals surface area contributed by atoms with Crippen LogP contribution in [0.1, 0.15) is 31.2 Å². The zero-order valence-electron chi connectivity index (χ0n) is 16.1. The lowest BCUT2D eigenvalue weighted by Crippen LogP contribution is -2.49. The Balaban J connectivity index is 2.36. The topological polar surface area (TPSA) is 165 Å². The van der Waals surface area contributed by atoms with Crippen molar-refractivity contribution >= 4 is 45.6 Å². The molecule has 1 aromatic rings. The SMILES string of the molecule is NC(CCC(=O)NC(=O)OCc1ccccc1)C(=O)NC(CCC(=O)CBr)C(=O)O. The lowest BCUT2D eigenvalue weighted by molar-refractivity contribution is -0.142. The Morgan fingerprint density at radius 1 is 1.07 bits per heavy atom. The van der Waals surface area contributed by atoms with Gasteiger partial charge >= 0.3 is 12.1 Å². The van der Waals surface area contributed by atoms with E-state index in [0.29, 0.717) is 0 Å². The first-order chi connectivity index (χ1) is 14.2. The molecule has 5 N–H and O–H groups in total. The number of hydrogen-bond acceptors (Lipinski definition) is 7. The molecule has 0 fully saturated rings. The van der Waals surface area contributed by atoms with Gasteiger partial charge in [-0.15, -0.1) is 0 Å². The Bertz CT molecular complexity index is 758. The molecule has 0 aliphatic carbocycles. The van der Waals surface area contributed by atoms with E-state index in [1.54, 1.807) is 24.3 Å². The molecule has 0 radical (unpaired) electrons. The van der Waals surface area contributed by atoms with Gasteiger partial charge in [0.1, 0.15) is 18.4 Å². The largest absolute Gasteiger partial charge is 0.480 e. The first-order valence-electron chi connectivity index (χ1n) is 9.10. The van der Waals surface area contributed by atoms with Crippen molar-refractivity contribution in [1.29, 1.82) is 0 Å². The van der Waals surface area contributed by atoms with Crippen molar-refractivity contribution in [3.8, 4) is 0 Å². The minimum absolute atomic E-state index is 0.00394. The molecule has 0 saturated carbocycles. The second kappa shape index (κ2) is 13.4. The first-order valence-corrected chi connectivity index (χ1v) is 10.2. The highest BCUT2D eigenvalue weighted by molar-refractivity contribution is 9.09. The number of ketones is 1. The van der Waals surface area contributed by atoms with Crippen molar-refractivity contribution in [2.75, 3.05) is 5.33 Å². The number of carbonyl (C=O) groups excluding carboxylic acids is 4. The van der Waals surface area contributed by atoms with Gasteiger partial charge in [0.2, 0.25) is 11.8 Å². The summed E-state index contributed by atoms with van der Waals surface area (Å²) < 4.78 is 4.91. The van der Waals surface area contributed by atoms with Crippen LogP contribution in [0.3, 0.4) is 0 Å². The van der Waals surface area contributed by atoms with Crippen molar-refractivity contribution in [3.63, 3.8) is 0 Å². The molecule has 0 aliphatic rings. The number of Topliss-reactive ketones (excluding diaryl/α,β-unsaturated/α-hetero) is 1. The Morgan fingerprint density at radius 3 is 2.33 bits per heavy atom. The molecule has 164 valence electrons. The molecule has 1 rings (SSSR count). The number of hydrogen-bond donors (Lipinski definition) is 4. The van der Waals surface area contributed by atoms with Crippen LogP contribution in [0.15, 0.2) is 30.3 Å². The maximum absolute atomic E-state index is 12.0. The smallest absolute Gasteiger partial charge is 0.414 e. The van der Waals surface area contributed by atoms with Gasteiger partial charge in [0.05, 0.1) is 11.4 Å². The lowest BCUT2D eigenvalue weighted by Gasteiger charge is -2.17. The van der Waals surface area contributed by atoms with Crippen LogP contribution in [-0.4, -0.2) is 52.2 Å². The van der Waals surface area contributed by atoms with Crippen LogP contribution < -0.4 is 16.4 Å². The zero-order valence-corrected chi connectivity index (χ0v) is 17.7. The molecule has 2 unspecified atom stereocenters. The summed E-state index contributed by atoms with van der Waals surface area (Å²) in [6.45, 7) is -0.00394. The van der Waals surface area contributed by atoms with Gasteiger partial charge in [-0.2, -0.15) is 0 Å². The van der Waals surface area contributed by atoms with E-state index in [4.69, 9.17) is 15.6 Å². The normalized spacial score (nSPS) is 12.3. The van der Waals surface area contributed by atoms with Gasteiger partial charge in [-0.25, -0.2) is 9.59 Å². The second-order valence-electron chi connectivity index (χ2n) is 6.37. The third kappa shape index (κ3) is 10.1. The van der Waals surface area contributed by atoms with Crippen LogP contribution in [0.4, 0.5) is 4.79 Å². The molecule has 0 bridgehead atoms. The van der Waals surface area contributed by atoms with E-state index < -0.39 is 36.0 Å². The number of nitrogens with one attached hydrogen (secondary N) is 2. The standard InChI is InChI=1S/C19H24BrN3O7/c20-10-13(24)6-8-15(18(27)28)22-17(26)14(21)7-9-16(25)23-19(29)30-11-12-4-2-1-3-5-12/h1-5,14-15H,6-11,21H2,(H,22,26)(H,27,28)(H,23,25,29). The van der Waals surface area contributed by atoms with Crippen LogP contribution in [0.5, 0.6) is 0 Å². The van der Waals surface area contributed by atoms with Crippen LogP contribution >= 0.6 is 15.9 Å². The highest BCUT2D eigenvalue weighted by Gasteiger charge is 2.24. The number of alkyl halides is 1. The summed E-state index contributed by atoms with van der Waals surface area (Å²) in [7, 11) is 0. The Hall–Kier alpha value is -2.79. The number of benzene rings is 1. The van der Waals surface area contributed by atoms with Gasteiger partial charge in [-0.1, -0.05) is 46.3 Å². The van der Waals surface area contributed by atoms with Gasteiger partial charge in [-0.05, 0) is 18.4 Å². The maximum atomic E-state index is 12.0. The summed E-state index contributed by atoms with van der Waals surface area (Å²) in [5, 5.41) is 13.5.